The van der Waals surface area contributed by atoms with Gasteiger partial charge in [-0.2, -0.15) is 0 Å². The normalized spacial score (nSPS) is 15.3. The molecule has 74 valence electrons. The second kappa shape index (κ2) is 3.81. The number of rotatable bonds is 2. The van der Waals surface area contributed by atoms with Crippen molar-refractivity contribution in [2.75, 3.05) is 10.9 Å². The highest BCUT2D eigenvalue weighted by molar-refractivity contribution is 6.19. The predicted molar refractivity (Wildman–Crippen MR) is 49.7 cm³/mol. The van der Waals surface area contributed by atoms with Crippen LogP contribution >= 0.6 is 11.6 Å². The van der Waals surface area contributed by atoms with Crippen molar-refractivity contribution in [2.45, 2.75) is 0 Å². The van der Waals surface area contributed by atoms with Crippen molar-refractivity contribution in [1.82, 2.24) is 10.6 Å². The summed E-state index contributed by atoms with van der Waals surface area (Å²) in [7, 11) is 0. The molecule has 0 atom stereocenters. The highest BCUT2D eigenvalue weighted by Gasteiger charge is 2.14. The van der Waals surface area contributed by atoms with E-state index in [1.54, 1.807) is 6.20 Å². The molecule has 0 aliphatic carbocycles. The molecular weight excluding hydrogens is 209 g/mol. The molecule has 2 heterocycles. The summed E-state index contributed by atoms with van der Waals surface area (Å²) in [6, 6.07) is 1.33. The Morgan fingerprint density at radius 1 is 1.57 bits per heavy atom. The number of nitrogens with zero attached hydrogens (tertiary/aromatic N) is 2. The van der Waals surface area contributed by atoms with Crippen LogP contribution in [0.1, 0.15) is 0 Å². The van der Waals surface area contributed by atoms with Gasteiger partial charge in [-0.3, -0.25) is 4.98 Å². The van der Waals surface area contributed by atoms with Gasteiger partial charge < -0.3 is 4.84 Å². The third-order valence-electron chi connectivity index (χ3n) is 1.65. The number of hydrogen-bond acceptors (Lipinski definition) is 4. The van der Waals surface area contributed by atoms with Crippen molar-refractivity contribution >= 4 is 17.3 Å². The van der Waals surface area contributed by atoms with E-state index in [2.05, 4.69) is 10.6 Å². The highest BCUT2D eigenvalue weighted by atomic mass is 35.5. The van der Waals surface area contributed by atoms with Crippen molar-refractivity contribution < 1.29 is 9.23 Å². The number of pyridine rings is 1. The molecule has 0 fully saturated rings. The van der Waals surface area contributed by atoms with Gasteiger partial charge in [-0.05, 0) is 0 Å². The molecule has 1 N–H and O–H groups in total. The van der Waals surface area contributed by atoms with Gasteiger partial charge in [0.05, 0.1) is 30.2 Å². The maximum atomic E-state index is 12.8. The van der Waals surface area contributed by atoms with E-state index < -0.39 is 5.82 Å². The molecule has 0 aromatic carbocycles. The zero-order chi connectivity index (χ0) is 9.97. The van der Waals surface area contributed by atoms with Crippen LogP contribution in [-0.2, 0) is 4.84 Å². The highest BCUT2D eigenvalue weighted by Crippen LogP contribution is 2.17. The minimum absolute atomic E-state index is 0.256. The molecule has 14 heavy (non-hydrogen) atoms. The average Bonchev–Trinajstić information content (AvgIpc) is 2.66. The summed E-state index contributed by atoms with van der Waals surface area (Å²) < 4.78 is 12.8. The quantitative estimate of drug-likeness (QED) is 0.760. The number of nitrogens with one attached hydrogen (secondary N) is 1. The number of aromatic nitrogens is 1. The first-order chi connectivity index (χ1) is 6.79. The third-order valence-corrected chi connectivity index (χ3v) is 1.91. The largest absolute Gasteiger partial charge is 0.390 e. The first kappa shape index (κ1) is 9.23. The van der Waals surface area contributed by atoms with Crippen molar-refractivity contribution in [3.05, 3.63) is 36.2 Å². The Morgan fingerprint density at radius 3 is 3.07 bits per heavy atom. The lowest BCUT2D eigenvalue weighted by Crippen LogP contribution is -2.27. The van der Waals surface area contributed by atoms with Crippen molar-refractivity contribution in [2.24, 2.45) is 0 Å². The van der Waals surface area contributed by atoms with Gasteiger partial charge in [-0.1, -0.05) is 5.59 Å². The fraction of sp³-hybridized carbons (Fsp3) is 0.125. The molecule has 1 aliphatic rings. The molecule has 0 saturated heterocycles. The van der Waals surface area contributed by atoms with Gasteiger partial charge in [0.25, 0.3) is 0 Å². The fourth-order valence-corrected chi connectivity index (χ4v) is 1.15. The zero-order valence-corrected chi connectivity index (χ0v) is 7.83. The van der Waals surface area contributed by atoms with Crippen LogP contribution in [0.5, 0.6) is 0 Å². The first-order valence-corrected chi connectivity index (χ1v) is 4.42. The van der Waals surface area contributed by atoms with E-state index in [0.29, 0.717) is 11.4 Å². The van der Waals surface area contributed by atoms with E-state index in [-0.39, 0.29) is 5.88 Å². The Balaban J connectivity index is 2.21. The summed E-state index contributed by atoms with van der Waals surface area (Å²) in [5.74, 6) is 0.416. The summed E-state index contributed by atoms with van der Waals surface area (Å²) in [5, 5.41) is 1.49. The first-order valence-electron chi connectivity index (χ1n) is 3.88. The molecule has 1 aliphatic heterocycles. The molecular formula is C8H7ClFN3O. The third kappa shape index (κ3) is 1.78. The Kier molecular flexibility index (Phi) is 2.51. The molecule has 0 spiro atoms. The molecule has 0 amide bonds. The van der Waals surface area contributed by atoms with Crippen LogP contribution in [-0.4, -0.2) is 10.9 Å². The summed E-state index contributed by atoms with van der Waals surface area (Å²) in [6.45, 7) is 0. The van der Waals surface area contributed by atoms with E-state index in [9.17, 15) is 4.39 Å². The molecule has 0 unspecified atom stereocenters. The molecule has 4 nitrogen and oxygen atoms in total. The molecule has 0 radical (unpaired) electrons. The zero-order valence-electron chi connectivity index (χ0n) is 7.08. The standard InChI is InChI=1S/C8H7ClFN3O/c9-2-8-5-13(12-14-8)7-1-6(10)3-11-4-7/h1,3-5,12H,2H2. The van der Waals surface area contributed by atoms with Gasteiger partial charge >= 0.3 is 0 Å². The topological polar surface area (TPSA) is 37.4 Å². The lowest BCUT2D eigenvalue weighted by atomic mass is 10.4. The van der Waals surface area contributed by atoms with Gasteiger partial charge in [0, 0.05) is 6.07 Å². The van der Waals surface area contributed by atoms with E-state index in [0.717, 1.165) is 6.20 Å². The van der Waals surface area contributed by atoms with Crippen LogP contribution < -0.4 is 10.6 Å². The summed E-state index contributed by atoms with van der Waals surface area (Å²) >= 11 is 5.54. The van der Waals surface area contributed by atoms with Crippen LogP contribution in [0.4, 0.5) is 10.1 Å². The number of hydrogen-bond donors (Lipinski definition) is 1. The predicted octanol–water partition coefficient (Wildman–Crippen LogP) is 1.56. The minimum atomic E-state index is -0.406. The van der Waals surface area contributed by atoms with Crippen LogP contribution in [0.25, 0.3) is 0 Å². The maximum absolute atomic E-state index is 12.8. The summed E-state index contributed by atoms with van der Waals surface area (Å²) in [4.78, 5) is 8.67. The van der Waals surface area contributed by atoms with Gasteiger partial charge in [-0.25, -0.2) is 9.40 Å². The second-order valence-corrected chi connectivity index (χ2v) is 2.92. The molecule has 0 saturated carbocycles. The number of allylic oxidation sites excluding steroid dienone is 1. The number of halogens is 2. The van der Waals surface area contributed by atoms with Crippen LogP contribution in [0, 0.1) is 5.82 Å². The van der Waals surface area contributed by atoms with E-state index in [1.165, 1.54) is 17.3 Å². The van der Waals surface area contributed by atoms with Gasteiger partial charge in [-0.15, -0.1) is 11.6 Å². The monoisotopic (exact) mass is 215 g/mol. The van der Waals surface area contributed by atoms with Crippen molar-refractivity contribution in [1.29, 1.82) is 0 Å². The van der Waals surface area contributed by atoms with Crippen molar-refractivity contribution in [3.8, 4) is 0 Å². The SMILES string of the molecule is Fc1cncc(N2C=C(CCl)ON2)c1. The van der Waals surface area contributed by atoms with Gasteiger partial charge in [0.1, 0.15) is 5.82 Å². The van der Waals surface area contributed by atoms with Crippen LogP contribution in [0.3, 0.4) is 0 Å². The second-order valence-electron chi connectivity index (χ2n) is 2.65. The molecule has 0 bridgehead atoms. The summed E-state index contributed by atoms with van der Waals surface area (Å²) in [6.07, 6.45) is 4.27. The molecule has 1 aromatic rings. The van der Waals surface area contributed by atoms with E-state index in [1.807, 2.05) is 0 Å². The van der Waals surface area contributed by atoms with E-state index in [4.69, 9.17) is 16.4 Å². The Morgan fingerprint density at radius 2 is 2.43 bits per heavy atom. The van der Waals surface area contributed by atoms with Crippen LogP contribution in [0.2, 0.25) is 0 Å². The smallest absolute Gasteiger partial charge is 0.159 e. The molecule has 1 aromatic heterocycles. The Bertz CT molecular complexity index is 371. The van der Waals surface area contributed by atoms with Gasteiger partial charge in [0.15, 0.2) is 5.76 Å². The fourth-order valence-electron chi connectivity index (χ4n) is 1.03. The summed E-state index contributed by atoms with van der Waals surface area (Å²) in [5.41, 5.74) is 3.10. The number of alkyl halides is 1. The number of anilines is 1. The lowest BCUT2D eigenvalue weighted by Gasteiger charge is -2.12. The number of hydrazine groups is 1. The average molecular weight is 216 g/mol. The Hall–Kier alpha value is -1.33. The minimum Gasteiger partial charge on any atom is -0.390 e. The van der Waals surface area contributed by atoms with E-state index >= 15 is 0 Å². The van der Waals surface area contributed by atoms with Crippen LogP contribution in [0.15, 0.2) is 30.4 Å². The maximum Gasteiger partial charge on any atom is 0.159 e. The lowest BCUT2D eigenvalue weighted by molar-refractivity contribution is 0.133. The van der Waals surface area contributed by atoms with Gasteiger partial charge in [0.2, 0.25) is 0 Å². The molecule has 6 heteroatoms. The molecule has 2 rings (SSSR count). The van der Waals surface area contributed by atoms with Crippen molar-refractivity contribution in [3.63, 3.8) is 0 Å². The Labute approximate surface area is 84.9 Å².